The molecular formula is C15H14F3NO4. The largest absolute Gasteiger partial charge is 0.464 e. The fraction of sp³-hybridized carbons (Fsp3) is 0.333. The molecule has 0 atom stereocenters. The molecule has 0 aliphatic carbocycles. The summed E-state index contributed by atoms with van der Waals surface area (Å²) >= 11 is 0. The van der Waals surface area contributed by atoms with Gasteiger partial charge in [0.1, 0.15) is 22.6 Å². The van der Waals surface area contributed by atoms with Gasteiger partial charge in [-0.05, 0) is 26.8 Å². The highest BCUT2D eigenvalue weighted by molar-refractivity contribution is 6.02. The van der Waals surface area contributed by atoms with Crippen molar-refractivity contribution in [2.24, 2.45) is 0 Å². The van der Waals surface area contributed by atoms with Crippen LogP contribution in [0.2, 0.25) is 0 Å². The Morgan fingerprint density at radius 3 is 2.22 bits per heavy atom. The SMILES string of the molecule is COC(=O)c1cc2c(F)cc(F)c(F)c2n1C(=O)OC(C)(C)C. The Morgan fingerprint density at radius 2 is 1.70 bits per heavy atom. The molecule has 0 fully saturated rings. The van der Waals surface area contributed by atoms with E-state index in [1.165, 1.54) is 0 Å². The van der Waals surface area contributed by atoms with Crippen LogP contribution in [0.25, 0.3) is 10.9 Å². The number of rotatable bonds is 1. The van der Waals surface area contributed by atoms with Crippen LogP contribution in [0.1, 0.15) is 31.3 Å². The summed E-state index contributed by atoms with van der Waals surface area (Å²) in [6.45, 7) is 4.64. The summed E-state index contributed by atoms with van der Waals surface area (Å²) in [5, 5.41) is -0.435. The van der Waals surface area contributed by atoms with Gasteiger partial charge in [0.25, 0.3) is 0 Å². The van der Waals surface area contributed by atoms with Crippen LogP contribution in [-0.2, 0) is 9.47 Å². The first-order valence-electron chi connectivity index (χ1n) is 6.57. The lowest BCUT2D eigenvalue weighted by atomic mass is 10.2. The number of aromatic nitrogens is 1. The average molecular weight is 329 g/mol. The van der Waals surface area contributed by atoms with E-state index in [0.29, 0.717) is 10.6 Å². The molecule has 2 rings (SSSR count). The quantitative estimate of drug-likeness (QED) is 0.592. The number of carbonyl (C=O) groups is 2. The lowest BCUT2D eigenvalue weighted by molar-refractivity contribution is 0.0489. The summed E-state index contributed by atoms with van der Waals surface area (Å²) in [7, 11) is 1.03. The highest BCUT2D eigenvalue weighted by Gasteiger charge is 2.29. The topological polar surface area (TPSA) is 57.5 Å². The minimum Gasteiger partial charge on any atom is -0.464 e. The standard InChI is InChI=1S/C15H14F3NO4/c1-15(2,3)23-14(21)19-10(13(20)22-4)5-7-8(16)6-9(17)11(18)12(7)19/h5-6H,1-4H3. The van der Waals surface area contributed by atoms with Gasteiger partial charge in [-0.25, -0.2) is 27.3 Å². The summed E-state index contributed by atoms with van der Waals surface area (Å²) in [4.78, 5) is 24.1. The maximum atomic E-state index is 14.1. The van der Waals surface area contributed by atoms with E-state index in [2.05, 4.69) is 4.74 Å². The van der Waals surface area contributed by atoms with Gasteiger partial charge in [-0.1, -0.05) is 0 Å². The van der Waals surface area contributed by atoms with Crippen molar-refractivity contribution in [3.63, 3.8) is 0 Å². The number of carbonyl (C=O) groups excluding carboxylic acids is 2. The summed E-state index contributed by atoms with van der Waals surface area (Å²) < 4.78 is 51.5. The zero-order valence-corrected chi connectivity index (χ0v) is 12.9. The Labute approximate surface area is 129 Å². The van der Waals surface area contributed by atoms with Gasteiger partial charge in [-0.15, -0.1) is 0 Å². The molecule has 5 nitrogen and oxygen atoms in total. The van der Waals surface area contributed by atoms with E-state index < -0.39 is 51.7 Å². The van der Waals surface area contributed by atoms with E-state index in [-0.39, 0.29) is 0 Å². The molecule has 0 unspecified atom stereocenters. The number of hydrogen-bond acceptors (Lipinski definition) is 4. The molecular weight excluding hydrogens is 315 g/mol. The normalized spacial score (nSPS) is 11.6. The number of methoxy groups -OCH3 is 1. The minimum atomic E-state index is -1.49. The Bertz CT molecular complexity index is 805. The van der Waals surface area contributed by atoms with Crippen LogP contribution in [0.3, 0.4) is 0 Å². The van der Waals surface area contributed by atoms with E-state index in [4.69, 9.17) is 4.74 Å². The molecule has 1 aromatic carbocycles. The van der Waals surface area contributed by atoms with Gasteiger partial charge in [0.05, 0.1) is 7.11 Å². The van der Waals surface area contributed by atoms with E-state index in [0.717, 1.165) is 13.2 Å². The number of benzene rings is 1. The van der Waals surface area contributed by atoms with Gasteiger partial charge in [0.2, 0.25) is 0 Å². The number of fused-ring (bicyclic) bond motifs is 1. The fourth-order valence-corrected chi connectivity index (χ4v) is 2.03. The monoisotopic (exact) mass is 329 g/mol. The smallest absolute Gasteiger partial charge is 0.419 e. The first kappa shape index (κ1) is 16.9. The van der Waals surface area contributed by atoms with Crippen molar-refractivity contribution in [1.82, 2.24) is 4.57 Å². The van der Waals surface area contributed by atoms with Crippen LogP contribution in [0, 0.1) is 17.5 Å². The van der Waals surface area contributed by atoms with Gasteiger partial charge >= 0.3 is 12.1 Å². The molecule has 0 radical (unpaired) electrons. The third-order valence-corrected chi connectivity index (χ3v) is 2.90. The molecule has 0 saturated carbocycles. The fourth-order valence-electron chi connectivity index (χ4n) is 2.03. The van der Waals surface area contributed by atoms with Gasteiger partial charge < -0.3 is 9.47 Å². The summed E-state index contributed by atoms with van der Waals surface area (Å²) in [5.74, 6) is -5.10. The number of esters is 1. The number of hydrogen-bond donors (Lipinski definition) is 0. The zero-order valence-electron chi connectivity index (χ0n) is 12.9. The molecule has 0 aliphatic heterocycles. The Hall–Kier alpha value is -2.51. The van der Waals surface area contributed by atoms with Crippen molar-refractivity contribution in [1.29, 1.82) is 0 Å². The second-order valence-electron chi connectivity index (χ2n) is 5.75. The van der Waals surface area contributed by atoms with Crippen molar-refractivity contribution >= 4 is 23.0 Å². The lowest BCUT2D eigenvalue weighted by Crippen LogP contribution is -2.29. The van der Waals surface area contributed by atoms with Crippen molar-refractivity contribution in [2.45, 2.75) is 26.4 Å². The highest BCUT2D eigenvalue weighted by atomic mass is 19.2. The Kier molecular flexibility index (Phi) is 4.10. The molecule has 8 heteroatoms. The third-order valence-electron chi connectivity index (χ3n) is 2.90. The first-order valence-corrected chi connectivity index (χ1v) is 6.57. The Balaban J connectivity index is 2.82. The molecule has 1 heterocycles. The predicted octanol–water partition coefficient (Wildman–Crippen LogP) is 3.63. The summed E-state index contributed by atoms with van der Waals surface area (Å²) in [5.41, 5.74) is -2.17. The van der Waals surface area contributed by atoms with Crippen LogP contribution < -0.4 is 0 Å². The third kappa shape index (κ3) is 3.01. The van der Waals surface area contributed by atoms with Crippen molar-refractivity contribution in [2.75, 3.05) is 7.11 Å². The van der Waals surface area contributed by atoms with Crippen molar-refractivity contribution in [3.8, 4) is 0 Å². The first-order chi connectivity index (χ1) is 10.6. The number of ether oxygens (including phenoxy) is 2. The summed E-state index contributed by atoms with van der Waals surface area (Å²) in [6, 6.07) is 1.24. The molecule has 0 aliphatic rings. The molecule has 0 N–H and O–H groups in total. The average Bonchev–Trinajstić information content (AvgIpc) is 2.83. The maximum Gasteiger partial charge on any atom is 0.419 e. The van der Waals surface area contributed by atoms with E-state index in [1.54, 1.807) is 20.8 Å². The molecule has 23 heavy (non-hydrogen) atoms. The maximum absolute atomic E-state index is 14.1. The lowest BCUT2D eigenvalue weighted by Gasteiger charge is -2.20. The van der Waals surface area contributed by atoms with Crippen LogP contribution >= 0.6 is 0 Å². The van der Waals surface area contributed by atoms with Crippen molar-refractivity contribution in [3.05, 3.63) is 35.3 Å². The van der Waals surface area contributed by atoms with Crippen LogP contribution in [0.4, 0.5) is 18.0 Å². The molecule has 0 spiro atoms. The molecule has 0 bridgehead atoms. The molecule has 0 saturated heterocycles. The van der Waals surface area contributed by atoms with E-state index >= 15 is 0 Å². The zero-order chi connectivity index (χ0) is 17.5. The second-order valence-corrected chi connectivity index (χ2v) is 5.75. The van der Waals surface area contributed by atoms with Gasteiger partial charge in [0.15, 0.2) is 11.6 Å². The molecule has 0 amide bonds. The van der Waals surface area contributed by atoms with Crippen LogP contribution in [-0.4, -0.2) is 29.3 Å². The van der Waals surface area contributed by atoms with Gasteiger partial charge in [0, 0.05) is 11.5 Å². The second kappa shape index (κ2) is 5.60. The van der Waals surface area contributed by atoms with Gasteiger partial charge in [-0.3, -0.25) is 0 Å². The Morgan fingerprint density at radius 1 is 1.09 bits per heavy atom. The molecule has 1 aromatic heterocycles. The summed E-state index contributed by atoms with van der Waals surface area (Å²) in [6.07, 6.45) is -1.16. The predicted molar refractivity (Wildman–Crippen MR) is 74.8 cm³/mol. The molecule has 124 valence electrons. The van der Waals surface area contributed by atoms with E-state index in [9.17, 15) is 22.8 Å². The van der Waals surface area contributed by atoms with Crippen LogP contribution in [0.15, 0.2) is 12.1 Å². The number of nitrogens with zero attached hydrogens (tertiary/aromatic N) is 1. The number of halogens is 3. The highest BCUT2D eigenvalue weighted by Crippen LogP contribution is 2.28. The van der Waals surface area contributed by atoms with E-state index in [1.807, 2.05) is 0 Å². The van der Waals surface area contributed by atoms with Crippen LogP contribution in [0.5, 0.6) is 0 Å². The minimum absolute atomic E-state index is 0.332. The van der Waals surface area contributed by atoms with Crippen molar-refractivity contribution < 1.29 is 32.2 Å². The molecule has 2 aromatic rings. The van der Waals surface area contributed by atoms with Gasteiger partial charge in [-0.2, -0.15) is 0 Å².